The molecule has 19 aromatic rings. The summed E-state index contributed by atoms with van der Waals surface area (Å²) in [6.45, 7) is -0.392. The molecular weight excluding hydrogens is 1490 g/mol. The minimum atomic E-state index is -3.08. The fourth-order valence-electron chi connectivity index (χ4n) is 19.1. The van der Waals surface area contributed by atoms with E-state index in [1.807, 2.05) is 0 Å². The maximum absolute atomic E-state index is 6.06. The molecule has 0 spiro atoms. The van der Waals surface area contributed by atoms with E-state index in [-0.39, 0.29) is 0 Å². The first-order chi connectivity index (χ1) is 59.5. The van der Waals surface area contributed by atoms with Crippen LogP contribution in [-0.2, 0) is 0 Å². The van der Waals surface area contributed by atoms with Crippen molar-refractivity contribution in [1.29, 1.82) is 0 Å². The molecule has 0 bridgehead atoms. The molecule has 0 amide bonds. The lowest BCUT2D eigenvalue weighted by atomic mass is 9.33. The van der Waals surface area contributed by atoms with Gasteiger partial charge in [-0.25, -0.2) is 9.98 Å². The van der Waals surface area contributed by atoms with E-state index in [4.69, 9.17) is 24.9 Å². The highest BCUT2D eigenvalue weighted by Crippen LogP contribution is 2.46. The summed E-state index contributed by atoms with van der Waals surface area (Å²) in [6.07, 6.45) is -0.594. The number of aromatic nitrogens is 4. The Hall–Kier alpha value is -15.2. The van der Waals surface area contributed by atoms with E-state index in [2.05, 4.69) is 469 Å². The molecule has 17 aromatic carbocycles. The van der Waals surface area contributed by atoms with Crippen molar-refractivity contribution in [3.05, 3.63) is 460 Å². The maximum atomic E-state index is 6.06. The predicted molar refractivity (Wildman–Crippen MR) is 504 cm³/mol. The molecule has 0 fully saturated rings. The van der Waals surface area contributed by atoms with Gasteiger partial charge in [0.05, 0.1) is 16.7 Å². The molecule has 0 radical (unpaired) electrons. The van der Waals surface area contributed by atoms with Gasteiger partial charge >= 0.3 is 0 Å². The van der Waals surface area contributed by atoms with E-state index in [1.54, 1.807) is 0 Å². The Labute approximate surface area is 699 Å². The summed E-state index contributed by atoms with van der Waals surface area (Å²) in [4.78, 5) is 34.1. The molecular formula is C108H76BN9Si2. The second-order valence-corrected chi connectivity index (χ2v) is 38.6. The summed E-state index contributed by atoms with van der Waals surface area (Å²) in [5, 5.41) is 16.5. The molecule has 5 heterocycles. The van der Waals surface area contributed by atoms with E-state index >= 15 is 0 Å². The van der Waals surface area contributed by atoms with Gasteiger partial charge in [-0.2, -0.15) is 15.0 Å². The predicted octanol–water partition coefficient (Wildman–Crippen LogP) is 17.2. The van der Waals surface area contributed by atoms with Crippen LogP contribution in [0.2, 0.25) is 0 Å². The molecule has 22 rings (SSSR count). The standard InChI is InChI=1S/C108H76BN9Si2/c1-11-37-75(38-12-1)79-65-67-98-94(71-79)109-95-72-80(76-39-13-2-14-40-76)66-68-99(95)118(108-113-104(78-43-17-4-18-44-78)111-106(115-108)82-46-36-60-91(70-82)120(87-53-25-8-26-54-87,88-55-27-9-28-56-88)89-57-29-10-30-58-89)101-74-83(116-96-63-33-31-61-92(96)93-62-32-34-64-97(93)116)73-100(102(101)109)117(98)107-112-103(77-41-15-3-16-42-77)110-105(114-107)81-45-35-59-90(69-81)119(84-47-19-5-20-48-84,85-49-21-6-22-50-85)86-51-23-7-24-52-86/h1-74,103H,(H,110,112,114). The van der Waals surface area contributed by atoms with Crippen LogP contribution in [0.3, 0.4) is 0 Å². The summed E-state index contributed by atoms with van der Waals surface area (Å²) in [6, 6.07) is 164. The maximum Gasteiger partial charge on any atom is 0.252 e. The first kappa shape index (κ1) is 71.3. The molecule has 0 saturated carbocycles. The van der Waals surface area contributed by atoms with Crippen molar-refractivity contribution >= 4 is 143 Å². The average Bonchev–Trinajstić information content (AvgIpc) is 0.888. The lowest BCUT2D eigenvalue weighted by Gasteiger charge is -2.44. The number of anilines is 5. The zero-order chi connectivity index (χ0) is 79.5. The van der Waals surface area contributed by atoms with Crippen LogP contribution >= 0.6 is 0 Å². The molecule has 2 aromatic heterocycles. The van der Waals surface area contributed by atoms with Crippen LogP contribution in [0.25, 0.3) is 72.5 Å². The number of amidine groups is 1. The summed E-state index contributed by atoms with van der Waals surface area (Å²) in [5.74, 6) is 2.73. The molecule has 1 atom stereocenters. The topological polar surface area (TPSA) is 86.8 Å². The van der Waals surface area contributed by atoms with Gasteiger partial charge in [-0.05, 0) is 122 Å². The van der Waals surface area contributed by atoms with Gasteiger partial charge in [-0.15, -0.1) is 0 Å². The van der Waals surface area contributed by atoms with Crippen LogP contribution < -0.4 is 73.0 Å². The Bertz CT molecular complexity index is 6890. The smallest absolute Gasteiger partial charge is 0.252 e. The number of benzene rings is 17. The fraction of sp³-hybridized carbons (Fsp3) is 0.00926. The lowest BCUT2D eigenvalue weighted by molar-refractivity contribution is 0.667. The highest BCUT2D eigenvalue weighted by atomic mass is 28.3. The molecule has 1 unspecified atom stereocenters. The summed E-state index contributed by atoms with van der Waals surface area (Å²) in [5.41, 5.74) is 18.0. The molecule has 120 heavy (non-hydrogen) atoms. The van der Waals surface area contributed by atoms with Gasteiger partial charge in [0.25, 0.3) is 6.71 Å². The van der Waals surface area contributed by atoms with Crippen LogP contribution in [0.5, 0.6) is 0 Å². The molecule has 0 aliphatic carbocycles. The molecule has 1 N–H and O–H groups in total. The number of rotatable bonds is 16. The SMILES string of the molecule is c1ccc(-c2ccc3c(c2)B2c4cc(-c5ccccc5)ccc4N(c4nc(-c5ccccc5)nc(-c5cccc([Si](c6ccccc6)(c6ccccc6)c6ccccc6)c5)n4)c4cc(-n5c6ccccc6c6ccccc65)cc(c42)N3C2=NC(c3cccc([Si](c4ccccc4)(c4ccccc4)c4ccccc4)c3)=NC(c3ccccc3)N2)cc1. The lowest BCUT2D eigenvalue weighted by Crippen LogP contribution is -2.74. The second-order valence-electron chi connectivity index (χ2n) is 31.0. The summed E-state index contributed by atoms with van der Waals surface area (Å²) in [7, 11) is -6.15. The zero-order valence-corrected chi connectivity index (χ0v) is 67.5. The Morgan fingerprint density at radius 1 is 0.275 bits per heavy atom. The van der Waals surface area contributed by atoms with Crippen molar-refractivity contribution in [3.8, 4) is 50.7 Å². The molecule has 12 heteroatoms. The third-order valence-electron chi connectivity index (χ3n) is 24.4. The van der Waals surface area contributed by atoms with Gasteiger partial charge < -0.3 is 9.88 Å². The van der Waals surface area contributed by atoms with Crippen molar-refractivity contribution in [2.45, 2.75) is 6.17 Å². The Morgan fingerprint density at radius 2 is 0.633 bits per heavy atom. The minimum Gasteiger partial charge on any atom is -0.330 e. The first-order valence-electron chi connectivity index (χ1n) is 41.0. The van der Waals surface area contributed by atoms with Crippen molar-refractivity contribution in [3.63, 3.8) is 0 Å². The van der Waals surface area contributed by atoms with Crippen molar-refractivity contribution in [2.75, 3.05) is 9.80 Å². The Kier molecular flexibility index (Phi) is 17.9. The number of para-hydroxylation sites is 2. The number of guanidine groups is 1. The molecule has 3 aliphatic rings. The van der Waals surface area contributed by atoms with Crippen LogP contribution in [0.15, 0.2) is 459 Å². The van der Waals surface area contributed by atoms with Crippen LogP contribution in [0.1, 0.15) is 17.3 Å². The van der Waals surface area contributed by atoms with Crippen LogP contribution in [-0.4, -0.2) is 54.2 Å². The number of hydrogen-bond donors (Lipinski definition) is 1. The van der Waals surface area contributed by atoms with E-state index in [1.165, 1.54) is 41.5 Å². The van der Waals surface area contributed by atoms with Gasteiger partial charge in [0.15, 0.2) is 33.6 Å². The normalized spacial score (nSPS) is 13.5. The number of aliphatic imine (C=N–C) groups is 2. The van der Waals surface area contributed by atoms with Crippen molar-refractivity contribution < 1.29 is 0 Å². The highest BCUT2D eigenvalue weighted by molar-refractivity contribution is 7.20. The molecule has 564 valence electrons. The Morgan fingerprint density at radius 3 is 1.09 bits per heavy atom. The zero-order valence-electron chi connectivity index (χ0n) is 65.5. The van der Waals surface area contributed by atoms with Crippen molar-refractivity contribution in [1.82, 2.24) is 24.8 Å². The number of fused-ring (bicyclic) bond motifs is 7. The molecule has 9 nitrogen and oxygen atoms in total. The van der Waals surface area contributed by atoms with E-state index in [0.717, 1.165) is 111 Å². The Balaban J connectivity index is 0.833. The highest BCUT2D eigenvalue weighted by Gasteiger charge is 2.48. The van der Waals surface area contributed by atoms with Crippen LogP contribution in [0.4, 0.5) is 28.7 Å². The number of nitrogens with one attached hydrogen (secondary N) is 1. The third-order valence-corrected chi connectivity index (χ3v) is 33.9. The third kappa shape index (κ3) is 12.1. The second kappa shape index (κ2) is 30.1. The summed E-state index contributed by atoms with van der Waals surface area (Å²) >= 11 is 0. The average molecular weight is 1570 g/mol. The fourth-order valence-corrected chi connectivity index (χ4v) is 28.7. The number of hydrogen-bond acceptors (Lipinski definition) is 8. The quantitative estimate of drug-likeness (QED) is 0.0766. The minimum absolute atomic E-state index is 0.392. The largest absolute Gasteiger partial charge is 0.330 e. The van der Waals surface area contributed by atoms with Crippen molar-refractivity contribution in [2.24, 2.45) is 9.98 Å². The first-order valence-corrected chi connectivity index (χ1v) is 45.0. The van der Waals surface area contributed by atoms with Gasteiger partial charge in [0.2, 0.25) is 11.9 Å². The molecule has 0 saturated heterocycles. The summed E-state index contributed by atoms with van der Waals surface area (Å²) < 4.78 is 2.44. The number of nitrogens with zero attached hydrogens (tertiary/aromatic N) is 8. The van der Waals surface area contributed by atoms with E-state index in [9.17, 15) is 0 Å². The van der Waals surface area contributed by atoms with E-state index < -0.39 is 29.0 Å². The molecule has 3 aliphatic heterocycles. The van der Waals surface area contributed by atoms with Gasteiger partial charge in [-0.3, -0.25) is 9.80 Å². The van der Waals surface area contributed by atoms with Gasteiger partial charge in [0, 0.05) is 50.2 Å². The van der Waals surface area contributed by atoms with Crippen LogP contribution in [0, 0.1) is 0 Å². The van der Waals surface area contributed by atoms with Gasteiger partial charge in [-0.1, -0.05) is 413 Å². The monoisotopic (exact) mass is 1570 g/mol. The van der Waals surface area contributed by atoms with E-state index in [0.29, 0.717) is 29.4 Å². The van der Waals surface area contributed by atoms with Gasteiger partial charge in [0.1, 0.15) is 6.17 Å².